The van der Waals surface area contributed by atoms with Gasteiger partial charge in [0.05, 0.1) is 12.0 Å². The van der Waals surface area contributed by atoms with Crippen LogP contribution < -0.4 is 5.73 Å². The van der Waals surface area contributed by atoms with E-state index >= 15 is 0 Å². The maximum Gasteiger partial charge on any atom is 0.392 e. The molecule has 1 aliphatic rings. The Balaban J connectivity index is 2.15. The molecule has 120 valence electrons. The van der Waals surface area contributed by atoms with Crippen LogP contribution in [0.15, 0.2) is 4.52 Å². The first kappa shape index (κ1) is 16.2. The molecule has 1 aromatic rings. The summed E-state index contributed by atoms with van der Waals surface area (Å²) in [4.78, 5) is 5.98. The second-order valence-electron chi connectivity index (χ2n) is 5.90. The van der Waals surface area contributed by atoms with Gasteiger partial charge in [0.15, 0.2) is 5.82 Å². The summed E-state index contributed by atoms with van der Waals surface area (Å²) in [5.74, 6) is -1.80. The first-order valence-electron chi connectivity index (χ1n) is 7.09. The minimum Gasteiger partial charge on any atom is -0.339 e. The fraction of sp³-hybridized carbons (Fsp3) is 0.846. The van der Waals surface area contributed by atoms with E-state index < -0.39 is 24.1 Å². The predicted octanol–water partition coefficient (Wildman–Crippen LogP) is 2.47. The third-order valence-electron chi connectivity index (χ3n) is 3.85. The molecule has 0 radical (unpaired) electrons. The molecule has 0 bridgehead atoms. The van der Waals surface area contributed by atoms with Gasteiger partial charge >= 0.3 is 6.18 Å². The molecule has 0 amide bonds. The zero-order chi connectivity index (χ0) is 15.6. The molecule has 0 saturated heterocycles. The number of nitrogens with two attached hydrogens (primary N) is 1. The van der Waals surface area contributed by atoms with E-state index in [1.54, 1.807) is 0 Å². The quantitative estimate of drug-likeness (QED) is 0.925. The van der Waals surface area contributed by atoms with Gasteiger partial charge in [-0.25, -0.2) is 0 Å². The number of hydrogen-bond donors (Lipinski definition) is 1. The molecule has 1 aromatic heterocycles. The summed E-state index contributed by atoms with van der Waals surface area (Å²) < 4.78 is 44.4. The summed E-state index contributed by atoms with van der Waals surface area (Å²) in [5.41, 5.74) is 5.91. The second kappa shape index (κ2) is 6.31. The van der Waals surface area contributed by atoms with E-state index in [2.05, 4.69) is 10.1 Å². The van der Waals surface area contributed by atoms with E-state index in [1.807, 2.05) is 19.0 Å². The van der Waals surface area contributed by atoms with Crippen LogP contribution in [0.4, 0.5) is 13.2 Å². The Hall–Kier alpha value is -1.15. The number of hydrogen-bond acceptors (Lipinski definition) is 5. The molecule has 3 atom stereocenters. The minimum absolute atomic E-state index is 0.0706. The largest absolute Gasteiger partial charge is 0.392 e. The molecule has 1 saturated carbocycles. The van der Waals surface area contributed by atoms with Gasteiger partial charge in [-0.3, -0.25) is 0 Å². The van der Waals surface area contributed by atoms with Gasteiger partial charge in [-0.05, 0) is 26.9 Å². The Morgan fingerprint density at radius 2 is 2.00 bits per heavy atom. The van der Waals surface area contributed by atoms with E-state index in [0.29, 0.717) is 19.4 Å². The summed E-state index contributed by atoms with van der Waals surface area (Å²) in [6, 6.07) is -0.467. The van der Waals surface area contributed by atoms with Gasteiger partial charge < -0.3 is 15.2 Å². The number of alkyl halides is 3. The number of halogens is 3. The SMILES string of the molecule is CN(C)CC(N)c1noc(C2CCCCC2C(F)(F)F)n1. The molecule has 2 rings (SSSR count). The van der Waals surface area contributed by atoms with Crippen LogP contribution in [0, 0.1) is 5.92 Å². The van der Waals surface area contributed by atoms with Gasteiger partial charge in [0.2, 0.25) is 5.89 Å². The first-order valence-corrected chi connectivity index (χ1v) is 7.09. The number of nitrogens with zero attached hydrogens (tertiary/aromatic N) is 3. The van der Waals surface area contributed by atoms with Gasteiger partial charge in [-0.2, -0.15) is 18.2 Å². The highest BCUT2D eigenvalue weighted by Crippen LogP contribution is 2.45. The Morgan fingerprint density at radius 1 is 1.33 bits per heavy atom. The van der Waals surface area contributed by atoms with Crippen LogP contribution in [0.5, 0.6) is 0 Å². The molecule has 5 nitrogen and oxygen atoms in total. The van der Waals surface area contributed by atoms with Crippen molar-refractivity contribution in [3.8, 4) is 0 Å². The van der Waals surface area contributed by atoms with Crippen LogP contribution in [0.25, 0.3) is 0 Å². The predicted molar refractivity (Wildman–Crippen MR) is 70.5 cm³/mol. The lowest BCUT2D eigenvalue weighted by Gasteiger charge is -2.30. The molecule has 8 heteroatoms. The van der Waals surface area contributed by atoms with Crippen LogP contribution in [-0.2, 0) is 0 Å². The highest BCUT2D eigenvalue weighted by atomic mass is 19.4. The summed E-state index contributed by atoms with van der Waals surface area (Å²) in [7, 11) is 3.70. The van der Waals surface area contributed by atoms with Crippen molar-refractivity contribution in [2.75, 3.05) is 20.6 Å². The molecular formula is C13H21F3N4O. The van der Waals surface area contributed by atoms with Crippen molar-refractivity contribution < 1.29 is 17.7 Å². The van der Waals surface area contributed by atoms with Crippen LogP contribution >= 0.6 is 0 Å². The summed E-state index contributed by atoms with van der Waals surface area (Å²) in [6.07, 6.45) is -2.35. The van der Waals surface area contributed by atoms with Gasteiger partial charge in [0.1, 0.15) is 0 Å². The van der Waals surface area contributed by atoms with Crippen LogP contribution in [0.2, 0.25) is 0 Å². The van der Waals surface area contributed by atoms with Crippen LogP contribution in [0.3, 0.4) is 0 Å². The second-order valence-corrected chi connectivity index (χ2v) is 5.90. The van der Waals surface area contributed by atoms with Gasteiger partial charge in [0, 0.05) is 12.5 Å². The maximum absolute atomic E-state index is 13.1. The van der Waals surface area contributed by atoms with Crippen molar-refractivity contribution in [2.45, 2.75) is 43.8 Å². The van der Waals surface area contributed by atoms with Gasteiger partial charge in [0.25, 0.3) is 0 Å². The van der Waals surface area contributed by atoms with Crippen molar-refractivity contribution in [1.29, 1.82) is 0 Å². The Morgan fingerprint density at radius 3 is 2.62 bits per heavy atom. The Labute approximate surface area is 121 Å². The van der Waals surface area contributed by atoms with Crippen LogP contribution in [-0.4, -0.2) is 41.9 Å². The minimum atomic E-state index is -4.23. The van der Waals surface area contributed by atoms with Crippen molar-refractivity contribution >= 4 is 0 Å². The summed E-state index contributed by atoms with van der Waals surface area (Å²) >= 11 is 0. The van der Waals surface area contributed by atoms with Crippen molar-refractivity contribution in [3.63, 3.8) is 0 Å². The Kier molecular flexibility index (Phi) is 4.88. The lowest BCUT2D eigenvalue weighted by molar-refractivity contribution is -0.189. The molecule has 1 fully saturated rings. The normalized spacial score (nSPS) is 25.3. The van der Waals surface area contributed by atoms with E-state index in [-0.39, 0.29) is 18.1 Å². The van der Waals surface area contributed by atoms with E-state index in [1.165, 1.54) is 0 Å². The standard InChI is InChI=1S/C13H21F3N4O/c1-20(2)7-10(17)11-18-12(21-19-11)8-5-3-4-6-9(8)13(14,15)16/h8-10H,3-7,17H2,1-2H3. The third kappa shape index (κ3) is 3.94. The molecule has 0 aromatic carbocycles. The highest BCUT2D eigenvalue weighted by Gasteiger charge is 2.48. The summed E-state index contributed by atoms with van der Waals surface area (Å²) in [6.45, 7) is 0.506. The van der Waals surface area contributed by atoms with E-state index in [4.69, 9.17) is 10.3 Å². The third-order valence-corrected chi connectivity index (χ3v) is 3.85. The smallest absolute Gasteiger partial charge is 0.339 e. The van der Waals surface area contributed by atoms with Crippen LogP contribution in [0.1, 0.15) is 49.4 Å². The zero-order valence-corrected chi connectivity index (χ0v) is 12.2. The molecule has 1 heterocycles. The highest BCUT2D eigenvalue weighted by molar-refractivity contribution is 5.02. The molecule has 3 unspecified atom stereocenters. The fourth-order valence-electron chi connectivity index (χ4n) is 2.84. The van der Waals surface area contributed by atoms with Gasteiger partial charge in [-0.15, -0.1) is 0 Å². The number of aromatic nitrogens is 2. The average Bonchev–Trinajstić information content (AvgIpc) is 2.86. The first-order chi connectivity index (χ1) is 9.79. The lowest BCUT2D eigenvalue weighted by Crippen LogP contribution is -2.32. The lowest BCUT2D eigenvalue weighted by atomic mass is 9.78. The van der Waals surface area contributed by atoms with E-state index in [0.717, 1.165) is 6.42 Å². The average molecular weight is 306 g/mol. The zero-order valence-electron chi connectivity index (χ0n) is 12.2. The maximum atomic E-state index is 13.1. The molecule has 1 aliphatic carbocycles. The monoisotopic (exact) mass is 306 g/mol. The number of likely N-dealkylation sites (N-methyl/N-ethyl adjacent to an activating group) is 1. The molecule has 2 N–H and O–H groups in total. The van der Waals surface area contributed by atoms with E-state index in [9.17, 15) is 13.2 Å². The van der Waals surface area contributed by atoms with Gasteiger partial charge in [-0.1, -0.05) is 18.0 Å². The molecule has 21 heavy (non-hydrogen) atoms. The van der Waals surface area contributed by atoms with Crippen molar-refractivity contribution in [2.24, 2.45) is 11.7 Å². The summed E-state index contributed by atoms with van der Waals surface area (Å²) in [5, 5.41) is 3.76. The molecule has 0 spiro atoms. The van der Waals surface area contributed by atoms with Crippen molar-refractivity contribution in [3.05, 3.63) is 11.7 Å². The topological polar surface area (TPSA) is 68.2 Å². The molecule has 0 aliphatic heterocycles. The van der Waals surface area contributed by atoms with Crippen molar-refractivity contribution in [1.82, 2.24) is 15.0 Å². The fourth-order valence-corrected chi connectivity index (χ4v) is 2.84. The molecular weight excluding hydrogens is 285 g/mol. The number of rotatable bonds is 4. The Bertz CT molecular complexity index is 461.